The molecular formula is C14H28. The molecule has 0 radical (unpaired) electrons. The zero-order valence-electron chi connectivity index (χ0n) is 10.7. The largest absolute Gasteiger partial charge is 0.0914 e. The van der Waals surface area contributed by atoms with Gasteiger partial charge in [0.1, 0.15) is 0 Å². The van der Waals surface area contributed by atoms with Gasteiger partial charge in [-0.2, -0.15) is 0 Å². The van der Waals surface area contributed by atoms with E-state index in [2.05, 4.69) is 46.8 Å². The van der Waals surface area contributed by atoms with Gasteiger partial charge < -0.3 is 0 Å². The molecule has 0 bridgehead atoms. The van der Waals surface area contributed by atoms with E-state index in [0.717, 1.165) is 17.8 Å². The first-order chi connectivity index (χ1) is 6.61. The van der Waals surface area contributed by atoms with Crippen LogP contribution in [0.15, 0.2) is 12.2 Å². The molecule has 0 nitrogen and oxygen atoms in total. The average molecular weight is 196 g/mol. The summed E-state index contributed by atoms with van der Waals surface area (Å²) in [5.74, 6) is 2.54. The zero-order valence-corrected chi connectivity index (χ0v) is 10.7. The van der Waals surface area contributed by atoms with Crippen LogP contribution in [0.4, 0.5) is 0 Å². The Bertz CT molecular complexity index is 144. The first-order valence-corrected chi connectivity index (χ1v) is 6.24. The number of allylic oxidation sites excluding steroid dienone is 2. The second-order valence-electron chi connectivity index (χ2n) is 4.87. The summed E-state index contributed by atoms with van der Waals surface area (Å²) in [5.41, 5.74) is 0. The van der Waals surface area contributed by atoms with E-state index in [1.165, 1.54) is 25.7 Å². The molecule has 14 heavy (non-hydrogen) atoms. The predicted molar refractivity (Wildman–Crippen MR) is 66.4 cm³/mol. The SMILES string of the molecule is CC=CC(CCC)CCC(C)C(C)C. The van der Waals surface area contributed by atoms with Crippen LogP contribution in [0.1, 0.15) is 60.3 Å². The summed E-state index contributed by atoms with van der Waals surface area (Å²) in [7, 11) is 0. The van der Waals surface area contributed by atoms with E-state index >= 15 is 0 Å². The van der Waals surface area contributed by atoms with Crippen LogP contribution in [0.25, 0.3) is 0 Å². The molecular weight excluding hydrogens is 168 g/mol. The summed E-state index contributed by atoms with van der Waals surface area (Å²) in [6.07, 6.45) is 10.0. The molecule has 0 aliphatic heterocycles. The van der Waals surface area contributed by atoms with Crippen molar-refractivity contribution in [1.82, 2.24) is 0 Å². The van der Waals surface area contributed by atoms with Gasteiger partial charge in [0.2, 0.25) is 0 Å². The van der Waals surface area contributed by atoms with Gasteiger partial charge in [0, 0.05) is 0 Å². The molecule has 84 valence electrons. The fraction of sp³-hybridized carbons (Fsp3) is 0.857. The van der Waals surface area contributed by atoms with E-state index in [0.29, 0.717) is 0 Å². The van der Waals surface area contributed by atoms with Gasteiger partial charge in [-0.05, 0) is 43.9 Å². The van der Waals surface area contributed by atoms with Crippen LogP contribution in [0.2, 0.25) is 0 Å². The van der Waals surface area contributed by atoms with Crippen LogP contribution in [0.3, 0.4) is 0 Å². The summed E-state index contributed by atoms with van der Waals surface area (Å²) < 4.78 is 0. The van der Waals surface area contributed by atoms with Crippen molar-refractivity contribution in [3.05, 3.63) is 12.2 Å². The average Bonchev–Trinajstić information content (AvgIpc) is 2.14. The van der Waals surface area contributed by atoms with E-state index in [1.54, 1.807) is 0 Å². The minimum atomic E-state index is 0.825. The predicted octanol–water partition coefficient (Wildman–Crippen LogP) is 5.05. The molecule has 0 aromatic rings. The van der Waals surface area contributed by atoms with Crippen molar-refractivity contribution in [3.8, 4) is 0 Å². The maximum atomic E-state index is 2.39. The van der Waals surface area contributed by atoms with Gasteiger partial charge in [-0.1, -0.05) is 46.3 Å². The van der Waals surface area contributed by atoms with E-state index in [1.807, 2.05) is 0 Å². The second kappa shape index (κ2) is 8.08. The van der Waals surface area contributed by atoms with Gasteiger partial charge in [-0.25, -0.2) is 0 Å². The fourth-order valence-corrected chi connectivity index (χ4v) is 1.79. The van der Waals surface area contributed by atoms with Crippen LogP contribution >= 0.6 is 0 Å². The summed E-state index contributed by atoms with van der Waals surface area (Å²) in [5, 5.41) is 0. The molecule has 0 aliphatic carbocycles. The second-order valence-corrected chi connectivity index (χ2v) is 4.87. The highest BCUT2D eigenvalue weighted by Gasteiger charge is 2.10. The van der Waals surface area contributed by atoms with Crippen molar-refractivity contribution >= 4 is 0 Å². The Kier molecular flexibility index (Phi) is 7.93. The quantitative estimate of drug-likeness (QED) is 0.500. The summed E-state index contributed by atoms with van der Waals surface area (Å²) in [6.45, 7) is 11.4. The van der Waals surface area contributed by atoms with Crippen molar-refractivity contribution in [2.24, 2.45) is 17.8 Å². The molecule has 0 heterocycles. The fourth-order valence-electron chi connectivity index (χ4n) is 1.79. The Morgan fingerprint density at radius 1 is 1.00 bits per heavy atom. The Morgan fingerprint density at radius 3 is 2.07 bits per heavy atom. The van der Waals surface area contributed by atoms with Crippen molar-refractivity contribution in [1.29, 1.82) is 0 Å². The highest BCUT2D eigenvalue weighted by Crippen LogP contribution is 2.22. The number of hydrogen-bond donors (Lipinski definition) is 0. The number of rotatable bonds is 7. The number of hydrogen-bond acceptors (Lipinski definition) is 0. The van der Waals surface area contributed by atoms with Gasteiger partial charge in [0.15, 0.2) is 0 Å². The van der Waals surface area contributed by atoms with Crippen LogP contribution in [0.5, 0.6) is 0 Å². The van der Waals surface area contributed by atoms with Crippen LogP contribution in [0, 0.1) is 17.8 Å². The maximum absolute atomic E-state index is 2.39. The molecule has 0 heteroatoms. The molecule has 0 rings (SSSR count). The smallest absolute Gasteiger partial charge is 0.0234 e. The summed E-state index contributed by atoms with van der Waals surface area (Å²) in [6, 6.07) is 0. The van der Waals surface area contributed by atoms with Gasteiger partial charge in [0.25, 0.3) is 0 Å². The lowest BCUT2D eigenvalue weighted by Crippen LogP contribution is -2.06. The third-order valence-electron chi connectivity index (χ3n) is 3.25. The molecule has 0 aromatic heterocycles. The lowest BCUT2D eigenvalue weighted by molar-refractivity contribution is 0.355. The van der Waals surface area contributed by atoms with Gasteiger partial charge in [-0.3, -0.25) is 0 Å². The van der Waals surface area contributed by atoms with Crippen LogP contribution < -0.4 is 0 Å². The normalized spacial score (nSPS) is 16.4. The minimum absolute atomic E-state index is 0.825. The monoisotopic (exact) mass is 196 g/mol. The topological polar surface area (TPSA) is 0 Å². The molecule has 2 atom stereocenters. The molecule has 0 aliphatic rings. The first-order valence-electron chi connectivity index (χ1n) is 6.24. The lowest BCUT2D eigenvalue weighted by Gasteiger charge is -2.18. The van der Waals surface area contributed by atoms with Crippen molar-refractivity contribution in [3.63, 3.8) is 0 Å². The Morgan fingerprint density at radius 2 is 1.64 bits per heavy atom. The van der Waals surface area contributed by atoms with E-state index < -0.39 is 0 Å². The summed E-state index contributed by atoms with van der Waals surface area (Å²) >= 11 is 0. The first kappa shape index (κ1) is 13.7. The van der Waals surface area contributed by atoms with Crippen molar-refractivity contribution < 1.29 is 0 Å². The molecule has 0 saturated heterocycles. The minimum Gasteiger partial charge on any atom is -0.0914 e. The van der Waals surface area contributed by atoms with Gasteiger partial charge >= 0.3 is 0 Å². The Labute approximate surface area is 90.8 Å². The molecule has 0 amide bonds. The van der Waals surface area contributed by atoms with Gasteiger partial charge in [-0.15, -0.1) is 0 Å². The molecule has 2 unspecified atom stereocenters. The highest BCUT2D eigenvalue weighted by atomic mass is 14.2. The lowest BCUT2D eigenvalue weighted by atomic mass is 9.88. The van der Waals surface area contributed by atoms with E-state index in [-0.39, 0.29) is 0 Å². The van der Waals surface area contributed by atoms with Crippen LogP contribution in [-0.4, -0.2) is 0 Å². The Hall–Kier alpha value is -0.260. The van der Waals surface area contributed by atoms with Crippen molar-refractivity contribution in [2.45, 2.75) is 60.3 Å². The zero-order chi connectivity index (χ0) is 11.0. The Balaban J connectivity index is 3.80. The van der Waals surface area contributed by atoms with E-state index in [4.69, 9.17) is 0 Å². The summed E-state index contributed by atoms with van der Waals surface area (Å²) in [4.78, 5) is 0. The molecule has 0 spiro atoms. The third kappa shape index (κ3) is 6.23. The third-order valence-corrected chi connectivity index (χ3v) is 3.25. The molecule has 0 saturated carbocycles. The van der Waals surface area contributed by atoms with Gasteiger partial charge in [0.05, 0.1) is 0 Å². The molecule has 0 N–H and O–H groups in total. The maximum Gasteiger partial charge on any atom is -0.0234 e. The van der Waals surface area contributed by atoms with Crippen molar-refractivity contribution in [2.75, 3.05) is 0 Å². The van der Waals surface area contributed by atoms with E-state index in [9.17, 15) is 0 Å². The molecule has 0 aromatic carbocycles. The van der Waals surface area contributed by atoms with Crippen LogP contribution in [-0.2, 0) is 0 Å². The highest BCUT2D eigenvalue weighted by molar-refractivity contribution is 4.85. The molecule has 0 fully saturated rings. The standard InChI is InChI=1S/C14H28/c1-6-8-14(9-7-2)11-10-13(5)12(3)4/h6,8,12-14H,7,9-11H2,1-5H3.